The molecule has 1 atom stereocenters. The van der Waals surface area contributed by atoms with Crippen molar-refractivity contribution >= 4 is 40.1 Å². The number of nitrogens with two attached hydrogens (primary N) is 2. The summed E-state index contributed by atoms with van der Waals surface area (Å²) < 4.78 is 77.7. The van der Waals surface area contributed by atoms with E-state index in [-0.39, 0.29) is 55.7 Å². The molecule has 6 rings (SSSR count). The van der Waals surface area contributed by atoms with Crippen molar-refractivity contribution in [2.24, 2.45) is 11.5 Å². The topological polar surface area (TPSA) is 250 Å². The molecule has 0 bridgehead atoms. The summed E-state index contributed by atoms with van der Waals surface area (Å²) in [6.45, 7) is 10.2. The number of aromatic nitrogens is 4. The fraction of sp³-hybridized carbons (Fsp3) is 0.422. The second kappa shape index (κ2) is 20.7. The number of ether oxygens (including phenoxy) is 1. The molecule has 1 aliphatic heterocycles. The summed E-state index contributed by atoms with van der Waals surface area (Å²) in [6.07, 6.45) is -1.32. The summed E-state index contributed by atoms with van der Waals surface area (Å²) >= 11 is 0. The molecule has 2 heterocycles. The van der Waals surface area contributed by atoms with Crippen molar-refractivity contribution in [3.63, 3.8) is 0 Å². The molecule has 0 aliphatic carbocycles. The quantitative estimate of drug-likeness (QED) is 0.0646. The maximum Gasteiger partial charge on any atom is 0.404 e. The van der Waals surface area contributed by atoms with E-state index in [1.807, 2.05) is 63.0 Å². The highest BCUT2D eigenvalue weighted by atomic mass is 32.2. The van der Waals surface area contributed by atoms with Gasteiger partial charge in [-0.25, -0.2) is 26.4 Å². The smallest absolute Gasteiger partial charge is 0.404 e. The number of hydrogen-bond donors (Lipinski definition) is 5. The van der Waals surface area contributed by atoms with Gasteiger partial charge in [-0.15, -0.1) is 10.2 Å². The molecule has 1 aromatic heterocycles. The number of carboxylic acid groups (broad SMARTS) is 1. The molecule has 1 aliphatic rings. The maximum absolute atomic E-state index is 15.9. The molecule has 7 N–H and O–H groups in total. The Morgan fingerprint density at radius 2 is 1.48 bits per heavy atom. The van der Waals surface area contributed by atoms with Crippen molar-refractivity contribution in [1.29, 1.82) is 0 Å². The second-order valence-electron chi connectivity index (χ2n) is 18.1. The number of anilines is 1. The first-order chi connectivity index (χ1) is 31.1. The first kappa shape index (κ1) is 50.2. The van der Waals surface area contributed by atoms with Gasteiger partial charge in [0.25, 0.3) is 0 Å². The summed E-state index contributed by atoms with van der Waals surface area (Å²) in [5.74, 6) is 0.531. The predicted octanol–water partition coefficient (Wildman–Crippen LogP) is 4.98. The Hall–Kier alpha value is -5.26. The summed E-state index contributed by atoms with van der Waals surface area (Å²) in [7, 11) is -10.6. The normalized spacial score (nSPS) is 15.1. The number of nitrogens with zero attached hydrogens (tertiary/aromatic N) is 6. The molecule has 66 heavy (non-hydrogen) atoms. The molecule has 0 spiro atoms. The fourth-order valence-corrected chi connectivity index (χ4v) is 12.2. The highest BCUT2D eigenvalue weighted by molar-refractivity contribution is 7.92. The monoisotopic (exact) mass is 962 g/mol. The van der Waals surface area contributed by atoms with Gasteiger partial charge >= 0.3 is 6.09 Å². The lowest BCUT2D eigenvalue weighted by atomic mass is 9.88. The van der Waals surface area contributed by atoms with Gasteiger partial charge in [-0.2, -0.15) is 9.10 Å². The van der Waals surface area contributed by atoms with E-state index in [9.17, 15) is 9.90 Å². The fourth-order valence-electron chi connectivity index (χ4n) is 7.36. The lowest BCUT2D eigenvalue weighted by Crippen LogP contribution is -2.55. The van der Waals surface area contributed by atoms with E-state index in [1.54, 1.807) is 73.8 Å². The Morgan fingerprint density at radius 1 is 0.894 bits per heavy atom. The molecular weight excluding hydrogens is 901 g/mol. The van der Waals surface area contributed by atoms with Crippen LogP contribution in [-0.4, -0.2) is 112 Å². The van der Waals surface area contributed by atoms with Crippen LogP contribution in [0.15, 0.2) is 107 Å². The Balaban J connectivity index is 1.57. The highest BCUT2D eigenvalue weighted by Gasteiger charge is 2.42. The van der Waals surface area contributed by atoms with Gasteiger partial charge in [0.05, 0.1) is 25.3 Å². The number of nitrogens with one attached hydrogen (secondary N) is 2. The Kier molecular flexibility index (Phi) is 15.7. The van der Waals surface area contributed by atoms with Crippen molar-refractivity contribution in [3.8, 4) is 17.1 Å². The third-order valence-electron chi connectivity index (χ3n) is 12.3. The highest BCUT2D eigenvalue weighted by Crippen LogP contribution is 2.42. The Morgan fingerprint density at radius 3 is 2.02 bits per heavy atom. The van der Waals surface area contributed by atoms with E-state index in [4.69, 9.17) is 25.7 Å². The number of methoxy groups -OCH3 is 1. The number of hydrogen-bond acceptors (Lipinski definition) is 13. The molecule has 0 saturated carbocycles. The number of sulfonamides is 2. The van der Waals surface area contributed by atoms with Crippen LogP contribution in [0.3, 0.4) is 0 Å². The lowest BCUT2D eigenvalue weighted by molar-refractivity contribution is 0.163. The molecule has 21 heteroatoms. The molecule has 356 valence electrons. The van der Waals surface area contributed by atoms with Crippen molar-refractivity contribution in [2.75, 3.05) is 44.7 Å². The van der Waals surface area contributed by atoms with E-state index in [2.05, 4.69) is 20.4 Å². The zero-order valence-electron chi connectivity index (χ0n) is 38.3. The number of carbonyl (C=O) groups is 1. The third-order valence-corrected chi connectivity index (χ3v) is 20.3. The van der Waals surface area contributed by atoms with E-state index in [0.717, 1.165) is 5.56 Å². The van der Waals surface area contributed by atoms with Gasteiger partial charge in [-0.1, -0.05) is 93.6 Å². The van der Waals surface area contributed by atoms with Crippen LogP contribution < -0.4 is 31.1 Å². The van der Waals surface area contributed by atoms with Crippen LogP contribution in [0.5, 0.6) is 5.75 Å². The number of benzene rings is 4. The standard InChI is InChI=1S/C45H62N10O8S2Si/c1-44(2,3)66(5,6)63-37(27-48-43(56)57)28-49-64(58,59)39-22-21-38(53-25-23-45(47,32-46)24-26-53)40(42-50-52-55(51-42)31-35-17-19-36(62-4)20-18-35)41(39)65(60,61)54(29-33-13-9-7-10-14-33)30-34-15-11-8-12-16-34/h7-22,37,48-49H,23-32,46-47H2,1-6H3,(H,56,57). The summed E-state index contributed by atoms with van der Waals surface area (Å²) in [5.41, 5.74) is 14.5. The molecule has 5 aromatic rings. The average molecular weight is 963 g/mol. The maximum atomic E-state index is 15.9. The van der Waals surface area contributed by atoms with Crippen molar-refractivity contribution in [2.45, 2.75) is 92.8 Å². The molecular formula is C45H62N10O8S2Si. The first-order valence-corrected chi connectivity index (χ1v) is 27.5. The van der Waals surface area contributed by atoms with Gasteiger partial charge in [0.15, 0.2) is 8.32 Å². The molecule has 4 aromatic carbocycles. The van der Waals surface area contributed by atoms with E-state index in [1.165, 1.54) is 15.2 Å². The first-order valence-electron chi connectivity index (χ1n) is 21.7. The Bertz CT molecular complexity index is 2600. The molecule has 1 amide bonds. The van der Waals surface area contributed by atoms with Crippen LogP contribution in [0.25, 0.3) is 11.4 Å². The average Bonchev–Trinajstić information content (AvgIpc) is 3.75. The number of amides is 1. The van der Waals surface area contributed by atoms with Gasteiger partial charge < -0.3 is 36.0 Å². The molecule has 0 radical (unpaired) electrons. The largest absolute Gasteiger partial charge is 0.497 e. The molecule has 1 fully saturated rings. The molecule has 1 saturated heterocycles. The van der Waals surface area contributed by atoms with Crippen LogP contribution in [0.4, 0.5) is 10.5 Å². The van der Waals surface area contributed by atoms with Gasteiger partial charge in [0.2, 0.25) is 25.9 Å². The minimum Gasteiger partial charge on any atom is -0.497 e. The number of rotatable bonds is 20. The summed E-state index contributed by atoms with van der Waals surface area (Å²) in [4.78, 5) is 13.8. The van der Waals surface area contributed by atoms with Crippen LogP contribution in [0, 0.1) is 0 Å². The van der Waals surface area contributed by atoms with E-state index in [0.29, 0.717) is 48.5 Å². The van der Waals surface area contributed by atoms with Crippen LogP contribution in [0.1, 0.15) is 50.3 Å². The third kappa shape index (κ3) is 12.2. The molecule has 1 unspecified atom stereocenters. The van der Waals surface area contributed by atoms with Crippen LogP contribution in [0.2, 0.25) is 18.1 Å². The van der Waals surface area contributed by atoms with Gasteiger partial charge in [-0.3, -0.25) is 0 Å². The van der Waals surface area contributed by atoms with Gasteiger partial charge in [-0.05, 0) is 77.1 Å². The zero-order chi connectivity index (χ0) is 47.9. The second-order valence-corrected chi connectivity index (χ2v) is 26.5. The minimum absolute atomic E-state index is 0.0659. The summed E-state index contributed by atoms with van der Waals surface area (Å²) in [6, 6.07) is 28.2. The van der Waals surface area contributed by atoms with Gasteiger partial charge in [0.1, 0.15) is 15.5 Å². The lowest BCUT2D eigenvalue weighted by Gasteiger charge is -2.40. The van der Waals surface area contributed by atoms with Crippen molar-refractivity contribution in [3.05, 3.63) is 114 Å². The predicted molar refractivity (Wildman–Crippen MR) is 255 cm³/mol. The summed E-state index contributed by atoms with van der Waals surface area (Å²) in [5, 5.41) is 25.1. The number of tetrazole rings is 1. The van der Waals surface area contributed by atoms with Crippen LogP contribution in [-0.2, 0) is 44.1 Å². The minimum atomic E-state index is -4.85. The number of piperidine rings is 1. The van der Waals surface area contributed by atoms with Gasteiger partial charge in [0, 0.05) is 57.0 Å². The van der Waals surface area contributed by atoms with E-state index < -0.39 is 55.9 Å². The Labute approximate surface area is 388 Å². The SMILES string of the molecule is COc1ccc(Cn2nnc(-c3c(N4CCC(N)(CN)CC4)ccc(S(=O)(=O)NCC(CNC(=O)O)O[Si](C)(C)C(C)(C)C)c3S(=O)(=O)N(Cc3ccccc3)Cc3ccccc3)n2)cc1. The van der Waals surface area contributed by atoms with Crippen molar-refractivity contribution < 1.29 is 35.9 Å². The molecule has 18 nitrogen and oxygen atoms in total. The van der Waals surface area contributed by atoms with Crippen molar-refractivity contribution in [1.82, 2.24) is 34.6 Å². The van der Waals surface area contributed by atoms with E-state index >= 15 is 16.8 Å². The van der Waals surface area contributed by atoms with Crippen LogP contribution >= 0.6 is 0 Å². The zero-order valence-corrected chi connectivity index (χ0v) is 41.0.